The lowest BCUT2D eigenvalue weighted by Crippen LogP contribution is -2.31. The molecule has 0 unspecified atom stereocenters. The molecule has 0 fully saturated rings. The van der Waals surface area contributed by atoms with Gasteiger partial charge < -0.3 is 4.90 Å². The fraction of sp³-hybridized carbons (Fsp3) is 0.316. The molecule has 0 aliphatic heterocycles. The first-order valence-electron chi connectivity index (χ1n) is 7.75. The van der Waals surface area contributed by atoms with Gasteiger partial charge in [-0.15, -0.1) is 11.8 Å². The van der Waals surface area contributed by atoms with Crippen LogP contribution < -0.4 is 4.90 Å². The zero-order valence-electron chi connectivity index (χ0n) is 13.3. The molecule has 2 nitrogen and oxygen atoms in total. The number of carbonyl (C=O) groups is 1. The number of benzene rings is 2. The number of hydrogen-bond donors (Lipinski definition) is 0. The van der Waals surface area contributed by atoms with Crippen molar-refractivity contribution >= 4 is 23.4 Å². The Morgan fingerprint density at radius 1 is 1.09 bits per heavy atom. The summed E-state index contributed by atoms with van der Waals surface area (Å²) in [4.78, 5) is 15.7. The molecule has 3 heteroatoms. The molecule has 0 atom stereocenters. The lowest BCUT2D eigenvalue weighted by Gasteiger charge is -2.22. The fourth-order valence-corrected chi connectivity index (χ4v) is 3.19. The molecule has 0 aromatic heterocycles. The van der Waals surface area contributed by atoms with Crippen LogP contribution in [-0.2, 0) is 4.79 Å². The molecule has 0 aliphatic rings. The number of hydrogen-bond acceptors (Lipinski definition) is 2. The van der Waals surface area contributed by atoms with E-state index in [4.69, 9.17) is 0 Å². The van der Waals surface area contributed by atoms with Gasteiger partial charge in [0.15, 0.2) is 0 Å². The molecule has 116 valence electrons. The van der Waals surface area contributed by atoms with Gasteiger partial charge in [-0.1, -0.05) is 37.3 Å². The van der Waals surface area contributed by atoms with E-state index in [2.05, 4.69) is 38.1 Å². The third-order valence-corrected chi connectivity index (χ3v) is 4.40. The number of anilines is 1. The van der Waals surface area contributed by atoms with E-state index in [0.29, 0.717) is 6.42 Å². The molecule has 0 aliphatic carbocycles. The van der Waals surface area contributed by atoms with Gasteiger partial charge in [0.05, 0.1) is 0 Å². The van der Waals surface area contributed by atoms with E-state index in [9.17, 15) is 4.79 Å². The molecule has 0 N–H and O–H groups in total. The molecule has 22 heavy (non-hydrogen) atoms. The minimum atomic E-state index is 0.205. The Bertz CT molecular complexity index is 597. The minimum Gasteiger partial charge on any atom is -0.312 e. The van der Waals surface area contributed by atoms with E-state index >= 15 is 0 Å². The van der Waals surface area contributed by atoms with Crippen LogP contribution in [-0.4, -0.2) is 18.2 Å². The number of nitrogens with zero attached hydrogens (tertiary/aromatic N) is 1. The number of aryl methyl sites for hydroxylation is 1. The molecule has 0 bridgehead atoms. The summed E-state index contributed by atoms with van der Waals surface area (Å²) in [6.07, 6.45) is 1.53. The third kappa shape index (κ3) is 4.92. The van der Waals surface area contributed by atoms with Crippen LogP contribution in [0, 0.1) is 6.92 Å². The van der Waals surface area contributed by atoms with E-state index in [1.165, 1.54) is 10.5 Å². The molecule has 0 saturated heterocycles. The molecular formula is C19H23NOS. The van der Waals surface area contributed by atoms with Crippen molar-refractivity contribution in [2.75, 3.05) is 17.2 Å². The number of amides is 1. The van der Waals surface area contributed by atoms with Crippen molar-refractivity contribution in [1.29, 1.82) is 0 Å². The topological polar surface area (TPSA) is 20.3 Å². The second-order valence-electron chi connectivity index (χ2n) is 5.30. The highest BCUT2D eigenvalue weighted by atomic mass is 32.2. The second kappa shape index (κ2) is 8.64. The Kier molecular flexibility index (Phi) is 6.53. The Hall–Kier alpha value is -1.74. The molecule has 0 saturated carbocycles. The van der Waals surface area contributed by atoms with Gasteiger partial charge >= 0.3 is 0 Å². The van der Waals surface area contributed by atoms with Crippen molar-refractivity contribution in [2.24, 2.45) is 0 Å². The SMILES string of the molecule is CCCN(C(=O)CCSc1ccccc1)c1cccc(C)c1. The van der Waals surface area contributed by atoms with E-state index in [-0.39, 0.29) is 5.91 Å². The largest absolute Gasteiger partial charge is 0.312 e. The quantitative estimate of drug-likeness (QED) is 0.676. The van der Waals surface area contributed by atoms with Gasteiger partial charge in [0.1, 0.15) is 0 Å². The highest BCUT2D eigenvalue weighted by Gasteiger charge is 2.14. The highest BCUT2D eigenvalue weighted by Crippen LogP contribution is 2.21. The summed E-state index contributed by atoms with van der Waals surface area (Å²) in [5.41, 5.74) is 2.20. The van der Waals surface area contributed by atoms with Crippen LogP contribution >= 0.6 is 11.8 Å². The maximum atomic E-state index is 12.5. The first-order chi connectivity index (χ1) is 10.7. The van der Waals surface area contributed by atoms with Crippen LogP contribution in [0.15, 0.2) is 59.5 Å². The standard InChI is InChI=1S/C19H23NOS/c1-3-13-20(17-9-7-8-16(2)15-17)19(21)12-14-22-18-10-5-4-6-11-18/h4-11,15H,3,12-14H2,1-2H3. The number of rotatable bonds is 7. The van der Waals surface area contributed by atoms with E-state index in [1.54, 1.807) is 11.8 Å². The summed E-state index contributed by atoms with van der Waals surface area (Å²) < 4.78 is 0. The summed E-state index contributed by atoms with van der Waals surface area (Å²) in [6.45, 7) is 4.94. The van der Waals surface area contributed by atoms with Crippen molar-refractivity contribution in [3.8, 4) is 0 Å². The van der Waals surface area contributed by atoms with Crippen molar-refractivity contribution in [3.63, 3.8) is 0 Å². The van der Waals surface area contributed by atoms with Crippen LogP contribution in [0.2, 0.25) is 0 Å². The average molecular weight is 313 g/mol. The summed E-state index contributed by atoms with van der Waals surface area (Å²) in [7, 11) is 0. The minimum absolute atomic E-state index is 0.205. The van der Waals surface area contributed by atoms with E-state index < -0.39 is 0 Å². The molecule has 0 heterocycles. The molecule has 2 aromatic rings. The van der Waals surface area contributed by atoms with Gasteiger partial charge in [0, 0.05) is 29.3 Å². The maximum absolute atomic E-state index is 12.5. The predicted octanol–water partition coefficient (Wildman–Crippen LogP) is 4.92. The zero-order valence-corrected chi connectivity index (χ0v) is 14.1. The van der Waals surface area contributed by atoms with Crippen LogP contribution in [0.1, 0.15) is 25.3 Å². The second-order valence-corrected chi connectivity index (χ2v) is 6.46. The zero-order chi connectivity index (χ0) is 15.8. The monoisotopic (exact) mass is 313 g/mol. The molecule has 0 radical (unpaired) electrons. The van der Waals surface area contributed by atoms with Gasteiger partial charge in [-0.25, -0.2) is 0 Å². The smallest absolute Gasteiger partial charge is 0.227 e. The van der Waals surface area contributed by atoms with Crippen molar-refractivity contribution < 1.29 is 4.79 Å². The first kappa shape index (κ1) is 16.6. The van der Waals surface area contributed by atoms with Crippen LogP contribution in [0.5, 0.6) is 0 Å². The van der Waals surface area contributed by atoms with Gasteiger partial charge in [0.2, 0.25) is 5.91 Å². The van der Waals surface area contributed by atoms with Crippen molar-refractivity contribution in [1.82, 2.24) is 0 Å². The Labute approximate surface area is 137 Å². The highest BCUT2D eigenvalue weighted by molar-refractivity contribution is 7.99. The number of thioether (sulfide) groups is 1. The lowest BCUT2D eigenvalue weighted by molar-refractivity contribution is -0.118. The Morgan fingerprint density at radius 2 is 1.86 bits per heavy atom. The van der Waals surface area contributed by atoms with Crippen LogP contribution in [0.3, 0.4) is 0 Å². The summed E-state index contributed by atoms with van der Waals surface area (Å²) in [5.74, 6) is 1.02. The summed E-state index contributed by atoms with van der Waals surface area (Å²) >= 11 is 1.74. The number of carbonyl (C=O) groups excluding carboxylic acids is 1. The Balaban J connectivity index is 1.95. The summed E-state index contributed by atoms with van der Waals surface area (Å²) in [5, 5.41) is 0. The van der Waals surface area contributed by atoms with Crippen molar-refractivity contribution in [3.05, 3.63) is 60.2 Å². The molecule has 1 amide bonds. The molecule has 0 spiro atoms. The van der Waals surface area contributed by atoms with Gasteiger partial charge in [0.25, 0.3) is 0 Å². The van der Waals surface area contributed by atoms with Gasteiger partial charge in [-0.2, -0.15) is 0 Å². The van der Waals surface area contributed by atoms with Crippen molar-refractivity contribution in [2.45, 2.75) is 31.6 Å². The molecule has 2 aromatic carbocycles. The van der Waals surface area contributed by atoms with Gasteiger partial charge in [-0.3, -0.25) is 4.79 Å². The predicted molar refractivity (Wildman–Crippen MR) is 95.6 cm³/mol. The first-order valence-corrected chi connectivity index (χ1v) is 8.74. The Morgan fingerprint density at radius 3 is 2.55 bits per heavy atom. The maximum Gasteiger partial charge on any atom is 0.227 e. The van der Waals surface area contributed by atoms with E-state index in [1.807, 2.05) is 35.2 Å². The molecular weight excluding hydrogens is 290 g/mol. The van der Waals surface area contributed by atoms with Gasteiger partial charge in [-0.05, 0) is 43.2 Å². The normalized spacial score (nSPS) is 10.5. The fourth-order valence-electron chi connectivity index (χ4n) is 2.33. The summed E-state index contributed by atoms with van der Waals surface area (Å²) in [6, 6.07) is 18.4. The lowest BCUT2D eigenvalue weighted by atomic mass is 10.2. The average Bonchev–Trinajstić information content (AvgIpc) is 2.53. The molecule has 2 rings (SSSR count). The van der Waals surface area contributed by atoms with Crippen LogP contribution in [0.25, 0.3) is 0 Å². The van der Waals surface area contributed by atoms with Crippen LogP contribution in [0.4, 0.5) is 5.69 Å². The van der Waals surface area contributed by atoms with E-state index in [0.717, 1.165) is 24.4 Å². The third-order valence-electron chi connectivity index (χ3n) is 3.39.